The Balaban J connectivity index is 1.34. The summed E-state index contributed by atoms with van der Waals surface area (Å²) >= 11 is 0. The molecule has 1 nitrogen and oxygen atoms in total. The fourth-order valence-electron chi connectivity index (χ4n) is 5.93. The second-order valence-corrected chi connectivity index (χ2v) is 8.22. The average molecular weight is 295 g/mol. The van der Waals surface area contributed by atoms with Gasteiger partial charge < -0.3 is 5.32 Å². The van der Waals surface area contributed by atoms with Crippen LogP contribution < -0.4 is 5.32 Å². The first-order chi connectivity index (χ1) is 10.7. The third-order valence-electron chi connectivity index (χ3n) is 6.66. The first-order valence-corrected chi connectivity index (χ1v) is 9.18. The Morgan fingerprint density at radius 2 is 1.64 bits per heavy atom. The van der Waals surface area contributed by atoms with Gasteiger partial charge in [-0.15, -0.1) is 0 Å². The zero-order chi connectivity index (χ0) is 15.0. The fraction of sp³-hybridized carbons (Fsp3) is 0.619. The van der Waals surface area contributed by atoms with Crippen LogP contribution in [0.3, 0.4) is 0 Å². The summed E-state index contributed by atoms with van der Waals surface area (Å²) in [7, 11) is 0. The van der Waals surface area contributed by atoms with Gasteiger partial charge in [-0.3, -0.25) is 0 Å². The predicted octanol–water partition coefficient (Wildman–Crippen LogP) is 4.89. The molecule has 4 aliphatic carbocycles. The normalized spacial score (nSPS) is 37.8. The van der Waals surface area contributed by atoms with E-state index in [1.54, 1.807) is 19.3 Å². The van der Waals surface area contributed by atoms with Crippen LogP contribution in [0.15, 0.2) is 36.4 Å². The SMILES string of the molecule is C[C@H](NC/C=C/c1ccccc1)C12CC3CC(CC(C3)C1)C2. The van der Waals surface area contributed by atoms with Gasteiger partial charge in [0.15, 0.2) is 0 Å². The molecule has 4 fully saturated rings. The third-order valence-corrected chi connectivity index (χ3v) is 6.66. The van der Waals surface area contributed by atoms with Gasteiger partial charge in [0.05, 0.1) is 0 Å². The number of hydrogen-bond donors (Lipinski definition) is 1. The Labute approximate surface area is 135 Å². The maximum absolute atomic E-state index is 3.82. The Bertz CT molecular complexity index is 495. The monoisotopic (exact) mass is 295 g/mol. The molecule has 0 saturated heterocycles. The molecule has 0 radical (unpaired) electrons. The Morgan fingerprint density at radius 1 is 1.05 bits per heavy atom. The standard InChI is InChI=1S/C21H29N/c1-16(22-9-5-8-17-6-3-2-4-7-17)21-13-18-10-19(14-21)12-20(11-18)15-21/h2-8,16,18-20,22H,9-15H2,1H3/b8-5+/t16-,18?,19?,20?,21?/m0/s1. The van der Waals surface area contributed by atoms with Crippen molar-refractivity contribution in [2.75, 3.05) is 6.54 Å². The zero-order valence-electron chi connectivity index (χ0n) is 13.8. The van der Waals surface area contributed by atoms with Crippen LogP contribution >= 0.6 is 0 Å². The van der Waals surface area contributed by atoms with Crippen LogP contribution in [0.1, 0.15) is 51.0 Å². The maximum Gasteiger partial charge on any atom is 0.0140 e. The van der Waals surface area contributed by atoms with Gasteiger partial charge in [-0.1, -0.05) is 42.5 Å². The smallest absolute Gasteiger partial charge is 0.0140 e. The molecule has 22 heavy (non-hydrogen) atoms. The van der Waals surface area contributed by atoms with Crippen molar-refractivity contribution in [1.82, 2.24) is 5.32 Å². The highest BCUT2D eigenvalue weighted by atomic mass is 14.9. The van der Waals surface area contributed by atoms with Crippen molar-refractivity contribution < 1.29 is 0 Å². The van der Waals surface area contributed by atoms with Gasteiger partial charge in [0.25, 0.3) is 0 Å². The summed E-state index contributed by atoms with van der Waals surface area (Å²) in [6.07, 6.45) is 13.6. The molecule has 1 heteroatoms. The van der Waals surface area contributed by atoms with Crippen LogP contribution in [0, 0.1) is 23.2 Å². The van der Waals surface area contributed by atoms with Crippen LogP contribution in [0.5, 0.6) is 0 Å². The molecule has 5 rings (SSSR count). The van der Waals surface area contributed by atoms with Crippen molar-refractivity contribution in [3.8, 4) is 0 Å². The summed E-state index contributed by atoms with van der Waals surface area (Å²) < 4.78 is 0. The van der Waals surface area contributed by atoms with Crippen LogP contribution in [0.2, 0.25) is 0 Å². The lowest BCUT2D eigenvalue weighted by Gasteiger charge is -2.59. The Morgan fingerprint density at radius 3 is 2.23 bits per heavy atom. The number of hydrogen-bond acceptors (Lipinski definition) is 1. The number of nitrogens with one attached hydrogen (secondary N) is 1. The zero-order valence-corrected chi connectivity index (χ0v) is 13.8. The van der Waals surface area contributed by atoms with E-state index in [0.29, 0.717) is 11.5 Å². The predicted molar refractivity (Wildman–Crippen MR) is 93.5 cm³/mol. The molecule has 4 aliphatic rings. The van der Waals surface area contributed by atoms with E-state index in [-0.39, 0.29) is 0 Å². The van der Waals surface area contributed by atoms with Crippen molar-refractivity contribution in [3.05, 3.63) is 42.0 Å². The second kappa shape index (κ2) is 5.85. The summed E-state index contributed by atoms with van der Waals surface area (Å²) in [6, 6.07) is 11.3. The molecule has 0 spiro atoms. The first-order valence-electron chi connectivity index (χ1n) is 9.18. The van der Waals surface area contributed by atoms with E-state index in [0.717, 1.165) is 24.3 Å². The van der Waals surface area contributed by atoms with Gasteiger partial charge in [-0.05, 0) is 74.2 Å². The van der Waals surface area contributed by atoms with E-state index in [1.807, 2.05) is 0 Å². The molecular weight excluding hydrogens is 266 g/mol. The Kier molecular flexibility index (Phi) is 3.86. The molecular formula is C21H29N. The lowest BCUT2D eigenvalue weighted by molar-refractivity contribution is -0.0697. The van der Waals surface area contributed by atoms with Gasteiger partial charge >= 0.3 is 0 Å². The molecule has 0 unspecified atom stereocenters. The summed E-state index contributed by atoms with van der Waals surface area (Å²) in [5.74, 6) is 3.15. The van der Waals surface area contributed by atoms with Crippen LogP contribution in [-0.2, 0) is 0 Å². The lowest BCUT2D eigenvalue weighted by atomic mass is 9.48. The fourth-order valence-corrected chi connectivity index (χ4v) is 5.93. The molecule has 0 aromatic heterocycles. The summed E-state index contributed by atoms with van der Waals surface area (Å²) in [6.45, 7) is 3.45. The topological polar surface area (TPSA) is 12.0 Å². The number of rotatable bonds is 5. The van der Waals surface area contributed by atoms with E-state index in [1.165, 1.54) is 24.8 Å². The summed E-state index contributed by atoms with van der Waals surface area (Å²) in [4.78, 5) is 0. The Hall–Kier alpha value is -1.08. The quantitative estimate of drug-likeness (QED) is 0.815. The molecule has 4 saturated carbocycles. The van der Waals surface area contributed by atoms with E-state index in [9.17, 15) is 0 Å². The van der Waals surface area contributed by atoms with E-state index in [4.69, 9.17) is 0 Å². The van der Waals surface area contributed by atoms with Gasteiger partial charge in [0.2, 0.25) is 0 Å². The van der Waals surface area contributed by atoms with E-state index in [2.05, 4.69) is 54.7 Å². The largest absolute Gasteiger partial charge is 0.310 e. The van der Waals surface area contributed by atoms with E-state index >= 15 is 0 Å². The maximum atomic E-state index is 3.82. The van der Waals surface area contributed by atoms with Gasteiger partial charge in [0.1, 0.15) is 0 Å². The van der Waals surface area contributed by atoms with Crippen molar-refractivity contribution in [3.63, 3.8) is 0 Å². The third kappa shape index (κ3) is 2.76. The van der Waals surface area contributed by atoms with Gasteiger partial charge in [0, 0.05) is 12.6 Å². The minimum absolute atomic E-state index is 0.620. The lowest BCUT2D eigenvalue weighted by Crippen LogP contribution is -2.54. The second-order valence-electron chi connectivity index (χ2n) is 8.22. The molecule has 0 heterocycles. The van der Waals surface area contributed by atoms with Crippen molar-refractivity contribution in [2.45, 2.75) is 51.5 Å². The van der Waals surface area contributed by atoms with Crippen LogP contribution in [-0.4, -0.2) is 12.6 Å². The molecule has 118 valence electrons. The van der Waals surface area contributed by atoms with Crippen molar-refractivity contribution >= 4 is 6.08 Å². The van der Waals surface area contributed by atoms with Gasteiger partial charge in [-0.25, -0.2) is 0 Å². The molecule has 0 amide bonds. The number of benzene rings is 1. The molecule has 0 aliphatic heterocycles. The summed E-state index contributed by atoms with van der Waals surface area (Å²) in [5.41, 5.74) is 1.92. The molecule has 4 bridgehead atoms. The van der Waals surface area contributed by atoms with Gasteiger partial charge in [-0.2, -0.15) is 0 Å². The highest BCUT2D eigenvalue weighted by molar-refractivity contribution is 5.48. The highest BCUT2D eigenvalue weighted by Crippen LogP contribution is 2.61. The van der Waals surface area contributed by atoms with E-state index < -0.39 is 0 Å². The minimum atomic E-state index is 0.620. The highest BCUT2D eigenvalue weighted by Gasteiger charge is 2.52. The van der Waals surface area contributed by atoms with Crippen molar-refractivity contribution in [2.24, 2.45) is 23.2 Å². The molecule has 1 atom stereocenters. The molecule has 1 aromatic carbocycles. The molecule has 1 aromatic rings. The first kappa shape index (κ1) is 14.5. The summed E-state index contributed by atoms with van der Waals surface area (Å²) in [5, 5.41) is 3.82. The van der Waals surface area contributed by atoms with Crippen molar-refractivity contribution in [1.29, 1.82) is 0 Å². The minimum Gasteiger partial charge on any atom is -0.310 e. The average Bonchev–Trinajstić information content (AvgIpc) is 2.51. The van der Waals surface area contributed by atoms with Crippen LogP contribution in [0.25, 0.3) is 6.08 Å². The molecule has 1 N–H and O–H groups in total. The van der Waals surface area contributed by atoms with Crippen LogP contribution in [0.4, 0.5) is 0 Å².